The average Bonchev–Trinajstić information content (AvgIpc) is 1.82. The summed E-state index contributed by atoms with van der Waals surface area (Å²) in [5.74, 6) is 0. The molecule has 0 rings (SSSR count). The van der Waals surface area contributed by atoms with Crippen LogP contribution in [0.1, 0.15) is 20.8 Å². The lowest BCUT2D eigenvalue weighted by Crippen LogP contribution is -2.23. The van der Waals surface area contributed by atoms with E-state index in [-0.39, 0.29) is 0 Å². The van der Waals surface area contributed by atoms with Gasteiger partial charge in [-0.2, -0.15) is 12.6 Å². The van der Waals surface area contributed by atoms with E-state index in [1.54, 1.807) is 11.9 Å². The van der Waals surface area contributed by atoms with Crippen molar-refractivity contribution >= 4 is 24.6 Å². The second-order valence-corrected chi connectivity index (χ2v) is 3.85. The van der Waals surface area contributed by atoms with Crippen molar-refractivity contribution in [3.63, 3.8) is 0 Å². The van der Waals surface area contributed by atoms with E-state index in [9.17, 15) is 0 Å². The van der Waals surface area contributed by atoms with Crippen LogP contribution in [-0.2, 0) is 0 Å². The first kappa shape index (κ1) is 9.66. The van der Waals surface area contributed by atoms with Gasteiger partial charge in [-0.05, 0) is 13.8 Å². The molecule has 0 atom stereocenters. The fourth-order valence-electron chi connectivity index (χ4n) is 0.680. The molecule has 0 aliphatic heterocycles. The minimum absolute atomic E-state index is 0.632. The van der Waals surface area contributed by atoms with Gasteiger partial charge < -0.3 is 0 Å². The normalized spacial score (nSPS) is 11.3. The van der Waals surface area contributed by atoms with Crippen LogP contribution in [0.2, 0.25) is 0 Å². The van der Waals surface area contributed by atoms with Crippen molar-refractivity contribution in [1.82, 2.24) is 4.31 Å². The van der Waals surface area contributed by atoms with Gasteiger partial charge in [0.1, 0.15) is 0 Å². The zero-order valence-corrected chi connectivity index (χ0v) is 8.01. The molecule has 0 amide bonds. The molecule has 0 N–H and O–H groups in total. The Morgan fingerprint density at radius 3 is 2.22 bits per heavy atom. The van der Waals surface area contributed by atoms with Crippen LogP contribution in [0.25, 0.3) is 0 Å². The van der Waals surface area contributed by atoms with Crippen LogP contribution in [0.5, 0.6) is 0 Å². The Balaban J connectivity index is 3.41. The highest BCUT2D eigenvalue weighted by Crippen LogP contribution is 2.13. The minimum atomic E-state index is 0.632. The van der Waals surface area contributed by atoms with Crippen LogP contribution in [0, 0.1) is 0 Å². The van der Waals surface area contributed by atoms with Gasteiger partial charge in [0.25, 0.3) is 0 Å². The molecule has 0 saturated heterocycles. The predicted octanol–water partition coefficient (Wildman–Crippen LogP) is 2.25. The summed E-state index contributed by atoms with van der Waals surface area (Å²) in [6.45, 7) is 7.65. The lowest BCUT2D eigenvalue weighted by Gasteiger charge is -2.21. The maximum atomic E-state index is 4.13. The molecular formula is C6H15NS2. The fourth-order valence-corrected chi connectivity index (χ4v) is 1.75. The Morgan fingerprint density at radius 1 is 1.56 bits per heavy atom. The molecule has 0 aromatic carbocycles. The topological polar surface area (TPSA) is 3.24 Å². The summed E-state index contributed by atoms with van der Waals surface area (Å²) in [4.78, 5) is 0. The molecule has 0 fully saturated rings. The van der Waals surface area contributed by atoms with Gasteiger partial charge in [-0.3, -0.25) is 0 Å². The van der Waals surface area contributed by atoms with Crippen molar-refractivity contribution < 1.29 is 0 Å². The van der Waals surface area contributed by atoms with Gasteiger partial charge in [-0.15, -0.1) is 0 Å². The molecule has 1 nitrogen and oxygen atoms in total. The molecule has 0 aliphatic carbocycles. The zero-order chi connectivity index (χ0) is 7.28. The first-order valence-corrected chi connectivity index (χ1v) is 4.80. The number of nitrogens with zero attached hydrogens (tertiary/aromatic N) is 1. The quantitative estimate of drug-likeness (QED) is 0.387. The lowest BCUT2D eigenvalue weighted by molar-refractivity contribution is 0.417. The highest BCUT2D eigenvalue weighted by molar-refractivity contribution is 8.07. The Kier molecular flexibility index (Phi) is 5.84. The molecule has 3 heteroatoms. The molecular weight excluding hydrogens is 150 g/mol. The van der Waals surface area contributed by atoms with Gasteiger partial charge in [0.15, 0.2) is 0 Å². The van der Waals surface area contributed by atoms with E-state index in [1.807, 2.05) is 0 Å². The van der Waals surface area contributed by atoms with Gasteiger partial charge in [-0.1, -0.05) is 18.9 Å². The third-order valence-electron chi connectivity index (χ3n) is 1.11. The molecule has 56 valence electrons. The maximum absolute atomic E-state index is 4.13. The van der Waals surface area contributed by atoms with Crippen molar-refractivity contribution in [3.8, 4) is 0 Å². The average molecular weight is 165 g/mol. The van der Waals surface area contributed by atoms with E-state index in [2.05, 4.69) is 37.7 Å². The van der Waals surface area contributed by atoms with Crippen LogP contribution >= 0.6 is 24.6 Å². The van der Waals surface area contributed by atoms with Crippen molar-refractivity contribution in [2.24, 2.45) is 0 Å². The van der Waals surface area contributed by atoms with Gasteiger partial charge in [-0.25, -0.2) is 4.31 Å². The summed E-state index contributed by atoms with van der Waals surface area (Å²) in [6.07, 6.45) is 0. The fraction of sp³-hybridized carbons (Fsp3) is 1.00. The van der Waals surface area contributed by atoms with Crippen LogP contribution < -0.4 is 0 Å². The monoisotopic (exact) mass is 165 g/mol. The molecule has 0 bridgehead atoms. The van der Waals surface area contributed by atoms with E-state index in [1.165, 1.54) is 0 Å². The molecule has 0 aliphatic rings. The maximum Gasteiger partial charge on any atom is 0.0509 e. The minimum Gasteiger partial charge on any atom is -0.248 e. The zero-order valence-electron chi connectivity index (χ0n) is 6.29. The van der Waals surface area contributed by atoms with Gasteiger partial charge in [0.2, 0.25) is 0 Å². The summed E-state index contributed by atoms with van der Waals surface area (Å²) in [5, 5.41) is 0.881. The van der Waals surface area contributed by atoms with Crippen molar-refractivity contribution in [2.75, 3.05) is 11.6 Å². The SMILES string of the molecule is CCN(SCS)C(C)C. The number of hydrogen-bond donors (Lipinski definition) is 1. The largest absolute Gasteiger partial charge is 0.248 e. The van der Waals surface area contributed by atoms with Gasteiger partial charge in [0, 0.05) is 12.6 Å². The summed E-state index contributed by atoms with van der Waals surface area (Å²) in [5.41, 5.74) is 0. The highest BCUT2D eigenvalue weighted by Gasteiger charge is 2.04. The molecule has 0 saturated carbocycles. The van der Waals surface area contributed by atoms with Crippen LogP contribution in [0.15, 0.2) is 0 Å². The smallest absolute Gasteiger partial charge is 0.0509 e. The predicted molar refractivity (Wildman–Crippen MR) is 49.0 cm³/mol. The van der Waals surface area contributed by atoms with Crippen molar-refractivity contribution in [1.29, 1.82) is 0 Å². The molecule has 0 aromatic rings. The summed E-state index contributed by atoms with van der Waals surface area (Å²) >= 11 is 5.91. The summed E-state index contributed by atoms with van der Waals surface area (Å²) in [6, 6.07) is 0.632. The Bertz CT molecular complexity index is 66.1. The molecule has 0 radical (unpaired) electrons. The van der Waals surface area contributed by atoms with Crippen molar-refractivity contribution in [3.05, 3.63) is 0 Å². The third-order valence-corrected chi connectivity index (χ3v) is 2.58. The second-order valence-electron chi connectivity index (χ2n) is 2.09. The van der Waals surface area contributed by atoms with Gasteiger partial charge >= 0.3 is 0 Å². The van der Waals surface area contributed by atoms with E-state index in [0.717, 1.165) is 11.6 Å². The van der Waals surface area contributed by atoms with Crippen LogP contribution in [0.4, 0.5) is 0 Å². The molecule has 0 heterocycles. The summed E-state index contributed by atoms with van der Waals surface area (Å²) in [7, 11) is 0. The molecule has 0 aromatic heterocycles. The first-order valence-electron chi connectivity index (χ1n) is 3.22. The lowest BCUT2D eigenvalue weighted by atomic mass is 10.4. The number of hydrogen-bond acceptors (Lipinski definition) is 3. The van der Waals surface area contributed by atoms with Crippen LogP contribution in [0.3, 0.4) is 0 Å². The van der Waals surface area contributed by atoms with E-state index in [0.29, 0.717) is 6.04 Å². The Morgan fingerprint density at radius 2 is 2.11 bits per heavy atom. The molecule has 0 spiro atoms. The molecule has 9 heavy (non-hydrogen) atoms. The second kappa shape index (κ2) is 5.45. The van der Waals surface area contributed by atoms with Crippen LogP contribution in [-0.4, -0.2) is 22.0 Å². The third kappa shape index (κ3) is 4.12. The number of thiol groups is 1. The first-order chi connectivity index (χ1) is 4.22. The highest BCUT2D eigenvalue weighted by atomic mass is 32.2. The number of rotatable bonds is 4. The van der Waals surface area contributed by atoms with E-state index >= 15 is 0 Å². The summed E-state index contributed by atoms with van der Waals surface area (Å²) < 4.78 is 2.31. The van der Waals surface area contributed by atoms with E-state index < -0.39 is 0 Å². The Hall–Kier alpha value is 0.660. The van der Waals surface area contributed by atoms with Crippen molar-refractivity contribution in [2.45, 2.75) is 26.8 Å². The van der Waals surface area contributed by atoms with E-state index in [4.69, 9.17) is 0 Å². The standard InChI is InChI=1S/C6H15NS2/c1-4-7(6(2)3)9-5-8/h6,8H,4-5H2,1-3H3. The Labute approximate surface area is 67.7 Å². The van der Waals surface area contributed by atoms with Gasteiger partial charge in [0.05, 0.1) is 5.08 Å². The molecule has 0 unspecified atom stereocenters.